The van der Waals surface area contributed by atoms with Crippen molar-refractivity contribution in [3.8, 4) is 0 Å². The van der Waals surface area contributed by atoms with Gasteiger partial charge in [-0.3, -0.25) is 9.59 Å². The molecule has 0 radical (unpaired) electrons. The zero-order valence-corrected chi connectivity index (χ0v) is 15.1. The fourth-order valence-corrected chi connectivity index (χ4v) is 5.72. The highest BCUT2D eigenvalue weighted by molar-refractivity contribution is 6.78. The van der Waals surface area contributed by atoms with Crippen LogP contribution >= 0.6 is 0 Å². The van der Waals surface area contributed by atoms with E-state index in [1.54, 1.807) is 0 Å². The Morgan fingerprint density at radius 3 is 2.17 bits per heavy atom. The van der Waals surface area contributed by atoms with Crippen LogP contribution < -0.4 is 0 Å². The van der Waals surface area contributed by atoms with E-state index in [2.05, 4.69) is 31.8 Å². The Labute approximate surface area is 138 Å². The molecule has 0 aliphatic heterocycles. The third-order valence-corrected chi connectivity index (χ3v) is 7.68. The monoisotopic (exact) mass is 326 g/mol. The number of ether oxygens (including phenoxy) is 1. The normalized spacial score (nSPS) is 24.2. The Morgan fingerprint density at radius 1 is 1.00 bits per heavy atom. The molecule has 0 spiro atoms. The molecule has 4 heteroatoms. The van der Waals surface area contributed by atoms with E-state index in [0.29, 0.717) is 11.5 Å². The lowest BCUT2D eigenvalue weighted by Gasteiger charge is -2.16. The van der Waals surface area contributed by atoms with Gasteiger partial charge in [-0.2, -0.15) is 0 Å². The number of carbonyl (C=O) groups is 2. The van der Waals surface area contributed by atoms with Crippen molar-refractivity contribution >= 4 is 25.2 Å². The van der Waals surface area contributed by atoms with Crippen LogP contribution in [0.15, 0.2) is 42.2 Å². The summed E-state index contributed by atoms with van der Waals surface area (Å²) in [5, 5.41) is 0. The molecule has 0 heterocycles. The summed E-state index contributed by atoms with van der Waals surface area (Å²) >= 11 is 0. The van der Waals surface area contributed by atoms with Gasteiger partial charge in [0.2, 0.25) is 5.78 Å². The van der Waals surface area contributed by atoms with E-state index in [1.165, 1.54) is 31.2 Å². The smallest absolute Gasteiger partial charge is 0.221 e. The molecule has 0 N–H and O–H groups in total. The Kier molecular flexibility index (Phi) is 3.88. The van der Waals surface area contributed by atoms with Gasteiger partial charge < -0.3 is 4.74 Å². The number of benzene rings is 1. The summed E-state index contributed by atoms with van der Waals surface area (Å²) in [6, 6.07) is 8.12. The molecular weight excluding hydrogens is 304 g/mol. The molecule has 1 aromatic carbocycles. The van der Waals surface area contributed by atoms with Crippen LogP contribution in [0.5, 0.6) is 0 Å². The first kappa shape index (κ1) is 15.9. The molecule has 120 valence electrons. The molecule has 0 aromatic heterocycles. The molecular formula is C19H22O3Si. The van der Waals surface area contributed by atoms with Crippen LogP contribution in [0, 0.1) is 0 Å². The first-order valence-electron chi connectivity index (χ1n) is 7.97. The van der Waals surface area contributed by atoms with Crippen molar-refractivity contribution in [2.24, 2.45) is 0 Å². The molecule has 2 aliphatic rings. The van der Waals surface area contributed by atoms with E-state index in [4.69, 9.17) is 4.74 Å². The molecule has 1 saturated carbocycles. The van der Waals surface area contributed by atoms with E-state index in [-0.39, 0.29) is 17.3 Å². The summed E-state index contributed by atoms with van der Waals surface area (Å²) in [6.07, 6.45) is 3.93. The van der Waals surface area contributed by atoms with E-state index in [9.17, 15) is 9.59 Å². The van der Waals surface area contributed by atoms with Gasteiger partial charge in [0.25, 0.3) is 0 Å². The Bertz CT molecular complexity index is 720. The molecule has 3 nitrogen and oxygen atoms in total. The Balaban J connectivity index is 1.79. The van der Waals surface area contributed by atoms with Crippen molar-refractivity contribution in [3.63, 3.8) is 0 Å². The summed E-state index contributed by atoms with van der Waals surface area (Å²) in [5.41, 5.74) is 3.45. The average molecular weight is 326 g/mol. The first-order chi connectivity index (χ1) is 10.8. The fraction of sp³-hybridized carbons (Fsp3) is 0.368. The minimum atomic E-state index is -1.08. The molecule has 1 fully saturated rings. The first-order valence-corrected chi connectivity index (χ1v) is 11.6. The van der Waals surface area contributed by atoms with Gasteiger partial charge in [0.15, 0.2) is 11.5 Å². The predicted octanol–water partition coefficient (Wildman–Crippen LogP) is 3.95. The number of allylic oxidation sites excluding steroid dienone is 3. The van der Waals surface area contributed by atoms with Gasteiger partial charge in [-0.25, -0.2) is 0 Å². The number of ketones is 2. The minimum absolute atomic E-state index is 0.103. The van der Waals surface area contributed by atoms with E-state index in [1.807, 2.05) is 12.1 Å². The van der Waals surface area contributed by atoms with Crippen LogP contribution in [-0.4, -0.2) is 26.8 Å². The van der Waals surface area contributed by atoms with Crippen molar-refractivity contribution in [2.75, 3.05) is 7.11 Å². The molecule has 0 bridgehead atoms. The van der Waals surface area contributed by atoms with Gasteiger partial charge in [-0.15, -0.1) is 0 Å². The highest BCUT2D eigenvalue weighted by Crippen LogP contribution is 2.58. The van der Waals surface area contributed by atoms with E-state index >= 15 is 0 Å². The van der Waals surface area contributed by atoms with Crippen LogP contribution in [-0.2, 0) is 14.3 Å². The number of hydrogen-bond acceptors (Lipinski definition) is 3. The molecule has 1 aromatic rings. The lowest BCUT2D eigenvalue weighted by atomic mass is 9.94. The SMILES string of the molecule is COC1=CC(=O)C(c2ccc(C3C[C@H]3[Si](C)(C)C)cc2)=CC1=O. The quantitative estimate of drug-likeness (QED) is 0.621. The minimum Gasteiger partial charge on any atom is -0.493 e. The van der Waals surface area contributed by atoms with Crippen molar-refractivity contribution in [3.05, 3.63) is 53.3 Å². The van der Waals surface area contributed by atoms with Gasteiger partial charge in [-0.1, -0.05) is 43.9 Å². The van der Waals surface area contributed by atoms with Crippen LogP contribution in [0.3, 0.4) is 0 Å². The Hall–Kier alpha value is -1.94. The number of rotatable bonds is 4. The highest BCUT2D eigenvalue weighted by Gasteiger charge is 2.46. The largest absolute Gasteiger partial charge is 0.493 e. The van der Waals surface area contributed by atoms with Gasteiger partial charge in [0, 0.05) is 25.8 Å². The summed E-state index contributed by atoms with van der Waals surface area (Å²) in [7, 11) is 0.319. The van der Waals surface area contributed by atoms with Crippen molar-refractivity contribution in [1.82, 2.24) is 0 Å². The molecule has 3 rings (SSSR count). The standard InChI is InChI=1S/C19H22O3Si/c1-22-18-11-16(20)14(9-17(18)21)12-5-7-13(8-6-12)15-10-19(15)23(2,3)4/h5-9,11,15,19H,10H2,1-4H3/t15?,19-/m1/s1. The second-order valence-corrected chi connectivity index (χ2v) is 12.9. The summed E-state index contributed by atoms with van der Waals surface area (Å²) in [4.78, 5) is 24.0. The maximum absolute atomic E-state index is 12.2. The average Bonchev–Trinajstić information content (AvgIpc) is 3.30. The van der Waals surface area contributed by atoms with Gasteiger partial charge >= 0.3 is 0 Å². The lowest BCUT2D eigenvalue weighted by Crippen LogP contribution is -2.20. The fourth-order valence-electron chi connectivity index (χ4n) is 3.36. The lowest BCUT2D eigenvalue weighted by molar-refractivity contribution is -0.116. The summed E-state index contributed by atoms with van der Waals surface area (Å²) in [5.74, 6) is 0.340. The molecule has 0 amide bonds. The second-order valence-electron chi connectivity index (χ2n) is 7.44. The third kappa shape index (κ3) is 3.08. The van der Waals surface area contributed by atoms with E-state index < -0.39 is 8.07 Å². The van der Waals surface area contributed by atoms with Gasteiger partial charge in [0.05, 0.1) is 7.11 Å². The van der Waals surface area contributed by atoms with Crippen molar-refractivity contribution < 1.29 is 14.3 Å². The van der Waals surface area contributed by atoms with Crippen molar-refractivity contribution in [1.29, 1.82) is 0 Å². The van der Waals surface area contributed by atoms with Gasteiger partial charge in [0.1, 0.15) is 0 Å². The maximum Gasteiger partial charge on any atom is 0.221 e. The van der Waals surface area contributed by atoms with Crippen LogP contribution in [0.2, 0.25) is 25.2 Å². The summed E-state index contributed by atoms with van der Waals surface area (Å²) < 4.78 is 4.91. The topological polar surface area (TPSA) is 43.4 Å². The van der Waals surface area contributed by atoms with E-state index in [0.717, 1.165) is 11.1 Å². The molecule has 0 saturated heterocycles. The molecule has 23 heavy (non-hydrogen) atoms. The maximum atomic E-state index is 12.2. The zero-order valence-electron chi connectivity index (χ0n) is 14.1. The van der Waals surface area contributed by atoms with Crippen LogP contribution in [0.4, 0.5) is 0 Å². The molecule has 1 unspecified atom stereocenters. The molecule has 2 atom stereocenters. The van der Waals surface area contributed by atoms with Crippen molar-refractivity contribution in [2.45, 2.75) is 37.5 Å². The number of hydrogen-bond donors (Lipinski definition) is 0. The zero-order chi connectivity index (χ0) is 16.8. The number of methoxy groups -OCH3 is 1. The van der Waals surface area contributed by atoms with Crippen LogP contribution in [0.1, 0.15) is 23.5 Å². The Morgan fingerprint density at radius 2 is 1.65 bits per heavy atom. The number of carbonyl (C=O) groups excluding carboxylic acids is 2. The van der Waals surface area contributed by atoms with Gasteiger partial charge in [-0.05, 0) is 29.0 Å². The predicted molar refractivity (Wildman–Crippen MR) is 94.0 cm³/mol. The highest BCUT2D eigenvalue weighted by atomic mass is 28.3. The second kappa shape index (κ2) is 5.60. The van der Waals surface area contributed by atoms with Crippen LogP contribution in [0.25, 0.3) is 5.57 Å². The summed E-state index contributed by atoms with van der Waals surface area (Å²) in [6.45, 7) is 7.26. The third-order valence-electron chi connectivity index (χ3n) is 4.82. The molecule has 2 aliphatic carbocycles.